The lowest BCUT2D eigenvalue weighted by Crippen LogP contribution is -2.50. The number of halogens is 3. The van der Waals surface area contributed by atoms with Crippen molar-refractivity contribution in [3.63, 3.8) is 0 Å². The van der Waals surface area contributed by atoms with Crippen LogP contribution in [0.4, 0.5) is 19.0 Å². The summed E-state index contributed by atoms with van der Waals surface area (Å²) in [7, 11) is 0. The smallest absolute Gasteiger partial charge is 0.353 e. The molecule has 0 N–H and O–H groups in total. The molecule has 0 atom stereocenters. The first-order valence-electron chi connectivity index (χ1n) is 10.4. The molecular weight excluding hydrogens is 435 g/mol. The predicted octanol–water partition coefficient (Wildman–Crippen LogP) is 2.98. The number of carbonyl (C=O) groups is 1. The Morgan fingerprint density at radius 2 is 1.67 bits per heavy atom. The van der Waals surface area contributed by atoms with Gasteiger partial charge in [-0.05, 0) is 25.1 Å². The summed E-state index contributed by atoms with van der Waals surface area (Å²) in [6.45, 7) is 3.38. The Hall–Kier alpha value is -3.69. The average Bonchev–Trinajstić information content (AvgIpc) is 2.81. The highest BCUT2D eigenvalue weighted by atomic mass is 19.4. The van der Waals surface area contributed by atoms with E-state index in [9.17, 15) is 22.8 Å². The number of amides is 1. The van der Waals surface area contributed by atoms with Gasteiger partial charge in [0.15, 0.2) is 0 Å². The van der Waals surface area contributed by atoms with E-state index in [0.29, 0.717) is 37.7 Å². The maximum atomic E-state index is 12.8. The van der Waals surface area contributed by atoms with Gasteiger partial charge in [0.05, 0.1) is 11.3 Å². The van der Waals surface area contributed by atoms with Gasteiger partial charge in [-0.2, -0.15) is 18.3 Å². The van der Waals surface area contributed by atoms with Crippen LogP contribution in [0.2, 0.25) is 0 Å². The first-order valence-corrected chi connectivity index (χ1v) is 10.4. The summed E-state index contributed by atoms with van der Waals surface area (Å²) < 4.78 is 39.3. The van der Waals surface area contributed by atoms with Crippen LogP contribution in [0.1, 0.15) is 11.1 Å². The third-order valence-corrected chi connectivity index (χ3v) is 5.53. The minimum atomic E-state index is -4.43. The Morgan fingerprint density at radius 3 is 2.27 bits per heavy atom. The van der Waals surface area contributed by atoms with Crippen LogP contribution in [0.25, 0.3) is 11.3 Å². The number of pyridine rings is 1. The molecule has 2 aromatic heterocycles. The van der Waals surface area contributed by atoms with Gasteiger partial charge in [-0.3, -0.25) is 9.59 Å². The number of anilines is 1. The van der Waals surface area contributed by atoms with Crippen molar-refractivity contribution in [3.8, 4) is 11.3 Å². The zero-order chi connectivity index (χ0) is 23.6. The number of hydrogen-bond acceptors (Lipinski definition) is 5. The number of alkyl halides is 3. The zero-order valence-corrected chi connectivity index (χ0v) is 17.9. The van der Waals surface area contributed by atoms with Crippen LogP contribution in [0.5, 0.6) is 0 Å². The normalized spacial score (nSPS) is 14.4. The molecule has 0 unspecified atom stereocenters. The number of piperazine rings is 1. The summed E-state index contributed by atoms with van der Waals surface area (Å²) in [5, 5.41) is 4.34. The van der Waals surface area contributed by atoms with E-state index in [1.807, 2.05) is 36.1 Å². The van der Waals surface area contributed by atoms with Gasteiger partial charge in [0.2, 0.25) is 5.91 Å². The van der Waals surface area contributed by atoms with E-state index in [0.717, 1.165) is 28.1 Å². The van der Waals surface area contributed by atoms with Gasteiger partial charge in [0, 0.05) is 44.0 Å². The number of aryl methyl sites for hydroxylation is 1. The van der Waals surface area contributed by atoms with Gasteiger partial charge in [-0.15, -0.1) is 0 Å². The Morgan fingerprint density at radius 1 is 0.970 bits per heavy atom. The SMILES string of the molecule is Cc1ccc(-c2ccc(=O)n(CC(=O)N3CCN(c4ccc(C(F)(F)F)cn4)CC3)n2)cc1. The van der Waals surface area contributed by atoms with Crippen LogP contribution < -0.4 is 10.5 Å². The van der Waals surface area contributed by atoms with E-state index >= 15 is 0 Å². The first kappa shape index (κ1) is 22.5. The topological polar surface area (TPSA) is 71.3 Å². The monoisotopic (exact) mass is 457 g/mol. The number of hydrogen-bond donors (Lipinski definition) is 0. The fraction of sp³-hybridized carbons (Fsp3) is 0.304. The highest BCUT2D eigenvalue weighted by Gasteiger charge is 2.31. The molecule has 0 aliphatic carbocycles. The molecule has 172 valence electrons. The molecule has 0 saturated carbocycles. The fourth-order valence-electron chi connectivity index (χ4n) is 3.59. The second-order valence-electron chi connectivity index (χ2n) is 7.85. The van der Waals surface area contributed by atoms with Crippen molar-refractivity contribution >= 4 is 11.7 Å². The molecule has 1 fully saturated rings. The summed E-state index contributed by atoms with van der Waals surface area (Å²) in [4.78, 5) is 32.4. The van der Waals surface area contributed by atoms with Crippen LogP contribution >= 0.6 is 0 Å². The Kier molecular flexibility index (Phi) is 6.17. The van der Waals surface area contributed by atoms with E-state index < -0.39 is 11.7 Å². The lowest BCUT2D eigenvalue weighted by atomic mass is 10.1. The van der Waals surface area contributed by atoms with E-state index in [1.54, 1.807) is 11.0 Å². The van der Waals surface area contributed by atoms with Gasteiger partial charge in [0.1, 0.15) is 12.4 Å². The van der Waals surface area contributed by atoms with Gasteiger partial charge in [0.25, 0.3) is 5.56 Å². The maximum Gasteiger partial charge on any atom is 0.417 e. The standard InChI is InChI=1S/C23H22F3N5O2/c1-16-2-4-17(5-3-16)19-7-9-21(32)31(28-19)15-22(33)30-12-10-29(11-13-30)20-8-6-18(14-27-20)23(24,25)26/h2-9,14H,10-13,15H2,1H3. The van der Waals surface area contributed by atoms with Crippen LogP contribution in [0, 0.1) is 6.92 Å². The molecule has 3 aromatic rings. The molecule has 1 aliphatic heterocycles. The van der Waals surface area contributed by atoms with E-state index in [-0.39, 0.29) is 18.0 Å². The second kappa shape index (κ2) is 9.05. The van der Waals surface area contributed by atoms with Crippen molar-refractivity contribution in [2.24, 2.45) is 0 Å². The number of rotatable bonds is 4. The number of nitrogens with zero attached hydrogens (tertiary/aromatic N) is 5. The van der Waals surface area contributed by atoms with Crippen LogP contribution in [-0.2, 0) is 17.5 Å². The molecule has 4 rings (SSSR count). The van der Waals surface area contributed by atoms with E-state index in [1.165, 1.54) is 12.1 Å². The van der Waals surface area contributed by atoms with Gasteiger partial charge in [-0.25, -0.2) is 9.67 Å². The summed E-state index contributed by atoms with van der Waals surface area (Å²) in [5.41, 5.74) is 1.38. The van der Waals surface area contributed by atoms with Crippen molar-refractivity contribution in [3.05, 3.63) is 76.2 Å². The molecule has 1 aliphatic rings. The molecule has 0 spiro atoms. The summed E-state index contributed by atoms with van der Waals surface area (Å²) >= 11 is 0. The minimum Gasteiger partial charge on any atom is -0.353 e. The average molecular weight is 457 g/mol. The molecule has 1 aromatic carbocycles. The first-order chi connectivity index (χ1) is 15.7. The van der Waals surface area contributed by atoms with Gasteiger partial charge < -0.3 is 9.80 Å². The lowest BCUT2D eigenvalue weighted by Gasteiger charge is -2.35. The number of aromatic nitrogens is 3. The molecule has 10 heteroatoms. The quantitative estimate of drug-likeness (QED) is 0.603. The van der Waals surface area contributed by atoms with Crippen LogP contribution in [-0.4, -0.2) is 51.8 Å². The molecular formula is C23H22F3N5O2. The minimum absolute atomic E-state index is 0.183. The fourth-order valence-corrected chi connectivity index (χ4v) is 3.59. The zero-order valence-electron chi connectivity index (χ0n) is 17.9. The van der Waals surface area contributed by atoms with Crippen molar-refractivity contribution in [2.45, 2.75) is 19.6 Å². The molecule has 0 bridgehead atoms. The predicted molar refractivity (Wildman–Crippen MR) is 117 cm³/mol. The summed E-state index contributed by atoms with van der Waals surface area (Å²) in [6.07, 6.45) is -3.62. The summed E-state index contributed by atoms with van der Waals surface area (Å²) in [6, 6.07) is 13.1. The molecule has 0 radical (unpaired) electrons. The van der Waals surface area contributed by atoms with Crippen LogP contribution in [0.15, 0.2) is 59.5 Å². The Bertz CT molecular complexity index is 1180. The third kappa shape index (κ3) is 5.21. The number of carbonyl (C=O) groups excluding carboxylic acids is 1. The molecule has 1 amide bonds. The summed E-state index contributed by atoms with van der Waals surface area (Å²) in [5.74, 6) is 0.185. The molecule has 1 saturated heterocycles. The highest BCUT2D eigenvalue weighted by molar-refractivity contribution is 5.76. The van der Waals surface area contributed by atoms with Gasteiger partial charge >= 0.3 is 6.18 Å². The molecule has 7 nitrogen and oxygen atoms in total. The molecule has 3 heterocycles. The van der Waals surface area contributed by atoms with Crippen molar-refractivity contribution in [1.29, 1.82) is 0 Å². The van der Waals surface area contributed by atoms with Crippen LogP contribution in [0.3, 0.4) is 0 Å². The number of benzene rings is 1. The van der Waals surface area contributed by atoms with Crippen molar-refractivity contribution < 1.29 is 18.0 Å². The largest absolute Gasteiger partial charge is 0.417 e. The van der Waals surface area contributed by atoms with E-state index in [4.69, 9.17) is 0 Å². The Balaban J connectivity index is 1.39. The van der Waals surface area contributed by atoms with Crippen molar-refractivity contribution in [2.75, 3.05) is 31.1 Å². The second-order valence-corrected chi connectivity index (χ2v) is 7.85. The lowest BCUT2D eigenvalue weighted by molar-refractivity contribution is -0.138. The van der Waals surface area contributed by atoms with Crippen molar-refractivity contribution in [1.82, 2.24) is 19.7 Å². The van der Waals surface area contributed by atoms with E-state index in [2.05, 4.69) is 10.1 Å². The maximum absolute atomic E-state index is 12.8. The Labute approximate surface area is 188 Å². The molecule has 33 heavy (non-hydrogen) atoms. The van der Waals surface area contributed by atoms with Gasteiger partial charge in [-0.1, -0.05) is 29.8 Å². The highest BCUT2D eigenvalue weighted by Crippen LogP contribution is 2.29. The third-order valence-electron chi connectivity index (χ3n) is 5.53.